The van der Waals surface area contributed by atoms with E-state index < -0.39 is 0 Å². The number of thiazole rings is 1. The van der Waals surface area contributed by atoms with Crippen LogP contribution in [-0.4, -0.2) is 35.0 Å². The van der Waals surface area contributed by atoms with E-state index in [1.165, 1.54) is 11.3 Å². The van der Waals surface area contributed by atoms with Crippen LogP contribution in [0.3, 0.4) is 0 Å². The number of hydrogen-bond acceptors (Lipinski definition) is 5. The molecule has 8 nitrogen and oxygen atoms in total. The Bertz CT molecular complexity index is 566. The lowest BCUT2D eigenvalue weighted by Crippen LogP contribution is -2.33. The maximum atomic E-state index is 11.9. The highest BCUT2D eigenvalue weighted by Gasteiger charge is 2.27. The molecule has 0 spiro atoms. The molecule has 1 heterocycles. The molecule has 1 atom stereocenters. The zero-order chi connectivity index (χ0) is 16.5. The van der Waals surface area contributed by atoms with Gasteiger partial charge in [0.2, 0.25) is 11.0 Å². The summed E-state index contributed by atoms with van der Waals surface area (Å²) in [6.07, 6.45) is 3.98. The van der Waals surface area contributed by atoms with Gasteiger partial charge in [0, 0.05) is 17.3 Å². The number of fused-ring (bicyclic) bond motifs is 1. The zero-order valence-corrected chi connectivity index (χ0v) is 12.8. The van der Waals surface area contributed by atoms with Crippen molar-refractivity contribution in [2.75, 3.05) is 6.54 Å². The third kappa shape index (κ3) is 5.17. The molecule has 22 heavy (non-hydrogen) atoms. The zero-order valence-electron chi connectivity index (χ0n) is 12.0. The van der Waals surface area contributed by atoms with Crippen molar-refractivity contribution in [1.82, 2.24) is 10.3 Å². The number of carboxylic acid groups (broad SMARTS) is 1. The topological polar surface area (TPSA) is 144 Å². The number of nitrogens with one attached hydrogen (secondary N) is 1. The molecule has 2 rings (SSSR count). The molecule has 0 aromatic carbocycles. The summed E-state index contributed by atoms with van der Waals surface area (Å²) in [5.41, 5.74) is 11.7. The molecule has 0 bridgehead atoms. The van der Waals surface area contributed by atoms with Gasteiger partial charge in [-0.15, -0.1) is 6.58 Å². The number of rotatable bonds is 4. The summed E-state index contributed by atoms with van der Waals surface area (Å²) in [5.74, 6) is 0.0775. The smallest absolute Gasteiger partial charge is 0.290 e. The van der Waals surface area contributed by atoms with Gasteiger partial charge in [0.05, 0.1) is 5.69 Å². The van der Waals surface area contributed by atoms with Crippen LogP contribution in [0.4, 0.5) is 5.13 Å². The second-order valence-corrected chi connectivity index (χ2v) is 5.54. The predicted octanol–water partition coefficient (Wildman–Crippen LogP) is 0.156. The molecule has 0 unspecified atom stereocenters. The van der Waals surface area contributed by atoms with Crippen molar-refractivity contribution in [3.63, 3.8) is 0 Å². The fourth-order valence-corrected chi connectivity index (χ4v) is 3.14. The van der Waals surface area contributed by atoms with Crippen LogP contribution in [0.15, 0.2) is 17.6 Å². The first-order chi connectivity index (χ1) is 10.5. The first-order valence-electron chi connectivity index (χ1n) is 6.56. The van der Waals surface area contributed by atoms with E-state index in [2.05, 4.69) is 21.9 Å². The molecule has 1 aromatic heterocycles. The lowest BCUT2D eigenvalue weighted by molar-refractivity contribution is -0.125. The molecule has 0 radical (unpaired) electrons. The van der Waals surface area contributed by atoms with E-state index in [-0.39, 0.29) is 24.3 Å². The van der Waals surface area contributed by atoms with Gasteiger partial charge < -0.3 is 21.9 Å². The molecule has 0 saturated carbocycles. The molecule has 0 fully saturated rings. The standard InChI is InChI=1S/C12H17N5OS.CH2O2/c1-2-5-15-10(18)7-3-4-8-9(6-7)19-12(16-8)17-11(13)14;2-1-3/h2,7H,1,3-6H2,(H,15,18)(H4,13,14,16,17);1H,(H,2,3)/t7-;/m0./s1. The molecule has 0 aliphatic heterocycles. The summed E-state index contributed by atoms with van der Waals surface area (Å²) < 4.78 is 0. The summed E-state index contributed by atoms with van der Waals surface area (Å²) in [4.78, 5) is 29.7. The summed E-state index contributed by atoms with van der Waals surface area (Å²) in [5, 5.41) is 10.3. The van der Waals surface area contributed by atoms with E-state index in [0.29, 0.717) is 18.1 Å². The molecule has 1 amide bonds. The van der Waals surface area contributed by atoms with Gasteiger partial charge in [0.15, 0.2) is 5.96 Å². The Morgan fingerprint density at radius 3 is 2.86 bits per heavy atom. The van der Waals surface area contributed by atoms with Gasteiger partial charge in [-0.2, -0.15) is 4.99 Å². The van der Waals surface area contributed by atoms with Gasteiger partial charge in [-0.25, -0.2) is 4.98 Å². The monoisotopic (exact) mass is 325 g/mol. The molecule has 120 valence electrons. The van der Waals surface area contributed by atoms with Crippen LogP contribution in [0.1, 0.15) is 17.0 Å². The number of amides is 1. The van der Waals surface area contributed by atoms with Crippen LogP contribution < -0.4 is 16.8 Å². The second kappa shape index (κ2) is 8.78. The van der Waals surface area contributed by atoms with Crippen molar-refractivity contribution in [3.05, 3.63) is 23.2 Å². The molecular formula is C13H19N5O3S. The highest BCUT2D eigenvalue weighted by molar-refractivity contribution is 7.15. The number of carbonyl (C=O) groups excluding carboxylic acids is 1. The second-order valence-electron chi connectivity index (χ2n) is 4.48. The number of nitrogens with two attached hydrogens (primary N) is 2. The molecular weight excluding hydrogens is 306 g/mol. The number of carbonyl (C=O) groups is 2. The van der Waals surface area contributed by atoms with Crippen molar-refractivity contribution in [1.29, 1.82) is 0 Å². The molecule has 9 heteroatoms. The predicted molar refractivity (Wildman–Crippen MR) is 85.0 cm³/mol. The van der Waals surface area contributed by atoms with Crippen molar-refractivity contribution < 1.29 is 14.7 Å². The summed E-state index contributed by atoms with van der Waals surface area (Å²) in [6.45, 7) is 3.84. The van der Waals surface area contributed by atoms with Crippen LogP contribution >= 0.6 is 11.3 Å². The lowest BCUT2D eigenvalue weighted by atomic mass is 9.90. The van der Waals surface area contributed by atoms with Gasteiger partial charge in [0.1, 0.15) is 0 Å². The molecule has 1 aromatic rings. The maximum absolute atomic E-state index is 11.9. The van der Waals surface area contributed by atoms with Crippen molar-refractivity contribution in [3.8, 4) is 0 Å². The normalized spacial score (nSPS) is 15.5. The summed E-state index contributed by atoms with van der Waals surface area (Å²) in [6, 6.07) is 0. The molecule has 0 saturated heterocycles. The molecule has 1 aliphatic rings. The van der Waals surface area contributed by atoms with Gasteiger partial charge in [-0.3, -0.25) is 9.59 Å². The van der Waals surface area contributed by atoms with Crippen LogP contribution in [0.2, 0.25) is 0 Å². The van der Waals surface area contributed by atoms with Gasteiger partial charge in [0.25, 0.3) is 6.47 Å². The van der Waals surface area contributed by atoms with E-state index >= 15 is 0 Å². The van der Waals surface area contributed by atoms with Crippen LogP contribution in [-0.2, 0) is 22.4 Å². The number of aromatic nitrogens is 1. The first kappa shape index (κ1) is 17.6. The van der Waals surface area contributed by atoms with E-state index in [1.807, 2.05) is 0 Å². The Hall–Kier alpha value is -2.42. The molecule has 6 N–H and O–H groups in total. The highest BCUT2D eigenvalue weighted by Crippen LogP contribution is 2.33. The fourth-order valence-electron chi connectivity index (χ4n) is 2.06. The SMILES string of the molecule is C=CCNC(=O)[C@H]1CCc2nc(N=C(N)N)sc2C1.O=CO. The van der Waals surface area contributed by atoms with Crippen molar-refractivity contribution in [2.45, 2.75) is 19.3 Å². The van der Waals surface area contributed by atoms with Crippen LogP contribution in [0.25, 0.3) is 0 Å². The van der Waals surface area contributed by atoms with E-state index in [1.54, 1.807) is 6.08 Å². The van der Waals surface area contributed by atoms with E-state index in [0.717, 1.165) is 23.4 Å². The minimum atomic E-state index is -0.250. The first-order valence-corrected chi connectivity index (χ1v) is 7.38. The Balaban J connectivity index is 0.000000745. The number of aliphatic imine (C=N–C) groups is 1. The van der Waals surface area contributed by atoms with Crippen molar-refractivity contribution >= 4 is 34.8 Å². The Morgan fingerprint density at radius 1 is 1.59 bits per heavy atom. The Kier molecular flexibility index (Phi) is 7.03. The summed E-state index contributed by atoms with van der Waals surface area (Å²) >= 11 is 1.45. The number of hydrogen-bond donors (Lipinski definition) is 4. The number of aryl methyl sites for hydroxylation is 1. The Labute approximate surface area is 131 Å². The number of guanidine groups is 1. The fraction of sp³-hybridized carbons (Fsp3) is 0.385. The highest BCUT2D eigenvalue weighted by atomic mass is 32.1. The third-order valence-corrected chi connectivity index (χ3v) is 3.96. The van der Waals surface area contributed by atoms with Crippen molar-refractivity contribution in [2.24, 2.45) is 22.4 Å². The minimum absolute atomic E-state index is 0.0000435. The minimum Gasteiger partial charge on any atom is -0.483 e. The summed E-state index contributed by atoms with van der Waals surface area (Å²) in [7, 11) is 0. The van der Waals surface area contributed by atoms with E-state index in [4.69, 9.17) is 21.4 Å². The maximum Gasteiger partial charge on any atom is 0.290 e. The average molecular weight is 325 g/mol. The Morgan fingerprint density at radius 2 is 2.27 bits per heavy atom. The van der Waals surface area contributed by atoms with E-state index in [9.17, 15) is 4.79 Å². The molecule has 1 aliphatic carbocycles. The van der Waals surface area contributed by atoms with Crippen LogP contribution in [0.5, 0.6) is 0 Å². The average Bonchev–Trinajstić information content (AvgIpc) is 2.85. The largest absolute Gasteiger partial charge is 0.483 e. The lowest BCUT2D eigenvalue weighted by Gasteiger charge is -2.19. The number of nitrogens with zero attached hydrogens (tertiary/aromatic N) is 2. The van der Waals surface area contributed by atoms with Gasteiger partial charge in [-0.1, -0.05) is 17.4 Å². The third-order valence-electron chi connectivity index (χ3n) is 2.94. The quantitative estimate of drug-likeness (QED) is 0.268. The van der Waals surface area contributed by atoms with Gasteiger partial charge in [-0.05, 0) is 19.3 Å². The van der Waals surface area contributed by atoms with Crippen LogP contribution in [0, 0.1) is 5.92 Å². The van der Waals surface area contributed by atoms with Gasteiger partial charge >= 0.3 is 0 Å².